The van der Waals surface area contributed by atoms with Crippen LogP contribution in [0.3, 0.4) is 0 Å². The van der Waals surface area contributed by atoms with E-state index in [4.69, 9.17) is 4.98 Å². The maximum absolute atomic E-state index is 4.92. The van der Waals surface area contributed by atoms with E-state index < -0.39 is 10.0 Å². The van der Waals surface area contributed by atoms with Crippen LogP contribution in [0, 0.1) is 5.41 Å². The molecule has 1 nitrogen and oxygen atoms in total. The highest BCUT2D eigenvalue weighted by molar-refractivity contribution is 8.32. The predicted octanol–water partition coefficient (Wildman–Crippen LogP) is 4.56. The third-order valence-corrected chi connectivity index (χ3v) is 7.74. The minimum atomic E-state index is -0.870. The van der Waals surface area contributed by atoms with Crippen LogP contribution in [0.5, 0.6) is 0 Å². The molecule has 1 heterocycles. The molecule has 27 heavy (non-hydrogen) atoms. The second-order valence-corrected chi connectivity index (χ2v) is 15.2. The molecule has 0 bridgehead atoms. The first-order chi connectivity index (χ1) is 12.0. The Morgan fingerprint density at radius 2 is 1.48 bits per heavy atom. The van der Waals surface area contributed by atoms with E-state index in [1.54, 1.807) is 0 Å². The Hall–Kier alpha value is -1.15. The molecule has 1 aromatic carbocycles. The van der Waals surface area contributed by atoms with Gasteiger partial charge in [-0.2, -0.15) is 0 Å². The van der Waals surface area contributed by atoms with Crippen molar-refractivity contribution in [3.63, 3.8) is 0 Å². The molecule has 0 radical (unpaired) electrons. The Morgan fingerprint density at radius 3 is 1.96 bits per heavy atom. The van der Waals surface area contributed by atoms with Crippen molar-refractivity contribution in [1.82, 2.24) is 4.98 Å². The first-order valence-corrected chi connectivity index (χ1v) is 12.7. The molecule has 0 atom stereocenters. The third-order valence-electron chi connectivity index (χ3n) is 6.10. The van der Waals surface area contributed by atoms with Gasteiger partial charge in [-0.3, -0.25) is 4.98 Å². The van der Waals surface area contributed by atoms with Crippen molar-refractivity contribution >= 4 is 25.7 Å². The van der Waals surface area contributed by atoms with E-state index in [-0.39, 0.29) is 16.0 Å². The van der Waals surface area contributed by atoms with Crippen molar-refractivity contribution in [3.8, 4) is 11.3 Å². The Kier molecular flexibility index (Phi) is 5.76. The lowest BCUT2D eigenvalue weighted by Gasteiger charge is -2.43. The summed E-state index contributed by atoms with van der Waals surface area (Å²) in [6, 6.07) is 11.2. The van der Waals surface area contributed by atoms with Crippen LogP contribution in [0.1, 0.15) is 52.7 Å². The molecule has 0 unspecified atom stereocenters. The molecule has 0 aliphatic heterocycles. The fraction of sp³-hybridized carbons (Fsp3) is 0.522. The Bertz CT molecular complexity index is 821. The molecule has 0 aliphatic carbocycles. The molecule has 0 aliphatic rings. The number of hydrogen-bond donors (Lipinski definition) is 0. The zero-order valence-corrected chi connectivity index (χ0v) is 20.1. The van der Waals surface area contributed by atoms with Crippen molar-refractivity contribution in [1.29, 1.82) is 0 Å². The molecule has 146 valence electrons. The van der Waals surface area contributed by atoms with Crippen molar-refractivity contribution in [2.24, 2.45) is 5.41 Å². The summed E-state index contributed by atoms with van der Waals surface area (Å²) in [4.78, 5) is 6.34. The van der Waals surface area contributed by atoms with Gasteiger partial charge in [0.25, 0.3) is 0 Å². The van der Waals surface area contributed by atoms with Crippen molar-refractivity contribution in [2.75, 3.05) is 18.8 Å². The van der Waals surface area contributed by atoms with E-state index in [1.165, 1.54) is 21.6 Å². The minimum Gasteiger partial charge on any atom is -0.255 e. The molecule has 0 saturated heterocycles. The van der Waals surface area contributed by atoms with Gasteiger partial charge in [0.15, 0.2) is 0 Å². The fourth-order valence-electron chi connectivity index (χ4n) is 3.13. The maximum Gasteiger partial charge on any atom is 0.105 e. The minimum absolute atomic E-state index is 0.0575. The summed E-state index contributed by atoms with van der Waals surface area (Å²) in [5.74, 6) is 0. The summed E-state index contributed by atoms with van der Waals surface area (Å²) in [6.45, 7) is 13.8. The SMILES string of the molecule is BC(B)(c1cc(-c2cccc(C(C)(C)C)c2)ncc1S(C)(C)C)C(C)(C)C. The van der Waals surface area contributed by atoms with E-state index in [1.807, 2.05) is 0 Å². The van der Waals surface area contributed by atoms with Crippen LogP contribution in [0.15, 0.2) is 41.4 Å². The molecule has 0 fully saturated rings. The average molecular weight is 381 g/mol. The summed E-state index contributed by atoms with van der Waals surface area (Å²) < 4.78 is 0. The molecule has 0 saturated carbocycles. The molecule has 2 aromatic rings. The number of aromatic nitrogens is 1. The van der Waals surface area contributed by atoms with Gasteiger partial charge >= 0.3 is 0 Å². The number of rotatable bonds is 3. The Balaban J connectivity index is 2.71. The lowest BCUT2D eigenvalue weighted by atomic mass is 9.41. The second-order valence-electron chi connectivity index (χ2n) is 11.1. The third kappa shape index (κ3) is 4.65. The highest BCUT2D eigenvalue weighted by Crippen LogP contribution is 2.51. The summed E-state index contributed by atoms with van der Waals surface area (Å²) in [7, 11) is 3.89. The van der Waals surface area contributed by atoms with E-state index in [9.17, 15) is 0 Å². The van der Waals surface area contributed by atoms with Crippen LogP contribution >= 0.6 is 10.0 Å². The van der Waals surface area contributed by atoms with Crippen LogP contribution in [0.25, 0.3) is 11.3 Å². The molecular weight excluding hydrogens is 344 g/mol. The van der Waals surface area contributed by atoms with Gasteiger partial charge in [-0.1, -0.05) is 65.0 Å². The first-order valence-electron chi connectivity index (χ1n) is 9.85. The van der Waals surface area contributed by atoms with E-state index >= 15 is 0 Å². The van der Waals surface area contributed by atoms with Crippen molar-refractivity contribution in [3.05, 3.63) is 47.7 Å². The van der Waals surface area contributed by atoms with Gasteiger partial charge in [0, 0.05) is 16.7 Å². The summed E-state index contributed by atoms with van der Waals surface area (Å²) in [6.07, 6.45) is 9.25. The van der Waals surface area contributed by atoms with E-state index in [0.29, 0.717) is 0 Å². The van der Waals surface area contributed by atoms with Crippen molar-refractivity contribution in [2.45, 2.75) is 57.1 Å². The largest absolute Gasteiger partial charge is 0.255 e. The number of hydrogen-bond acceptors (Lipinski definition) is 1. The van der Waals surface area contributed by atoms with Crippen LogP contribution in [0.4, 0.5) is 0 Å². The van der Waals surface area contributed by atoms with Crippen molar-refractivity contribution < 1.29 is 0 Å². The van der Waals surface area contributed by atoms with Gasteiger partial charge in [-0.25, -0.2) is 10.0 Å². The van der Waals surface area contributed by atoms with Gasteiger partial charge in [0.05, 0.1) is 5.69 Å². The zero-order valence-electron chi connectivity index (χ0n) is 19.3. The van der Waals surface area contributed by atoms with Gasteiger partial charge < -0.3 is 0 Å². The monoisotopic (exact) mass is 381 g/mol. The zero-order chi connectivity index (χ0) is 20.8. The van der Waals surface area contributed by atoms with Gasteiger partial charge in [0.1, 0.15) is 15.7 Å². The van der Waals surface area contributed by atoms with E-state index in [2.05, 4.69) is 113 Å². The topological polar surface area (TPSA) is 12.9 Å². The summed E-state index contributed by atoms with van der Waals surface area (Å²) >= 11 is 0. The second kappa shape index (κ2) is 7.03. The molecule has 2 rings (SSSR count). The van der Waals surface area contributed by atoms with Gasteiger partial charge in [-0.05, 0) is 52.9 Å². The molecule has 0 spiro atoms. The van der Waals surface area contributed by atoms with Crippen LogP contribution in [0.2, 0.25) is 0 Å². The maximum atomic E-state index is 4.92. The molecular formula is C23H37B2NS. The lowest BCUT2D eigenvalue weighted by molar-refractivity contribution is 0.355. The fourth-order valence-corrected chi connectivity index (χ4v) is 4.47. The molecule has 4 heteroatoms. The standard InChI is InChI=1S/C23H37B2NS/c1-21(2,3)17-12-10-11-16(13-17)19-14-18(23(24,25)22(4,5)6)20(15-26-19)27(7,8)9/h10-15H,24-25H2,1-9H3. The molecule has 0 amide bonds. The number of nitrogens with zero attached hydrogens (tertiary/aromatic N) is 1. The summed E-state index contributed by atoms with van der Waals surface area (Å²) in [5, 5.41) is 0.0575. The van der Waals surface area contributed by atoms with Crippen LogP contribution < -0.4 is 0 Å². The van der Waals surface area contributed by atoms with Crippen LogP contribution in [-0.4, -0.2) is 39.4 Å². The number of pyridine rings is 1. The van der Waals surface area contributed by atoms with Gasteiger partial charge in [0.2, 0.25) is 0 Å². The quantitative estimate of drug-likeness (QED) is 0.711. The first kappa shape index (κ1) is 22.1. The smallest absolute Gasteiger partial charge is 0.105 e. The predicted molar refractivity (Wildman–Crippen MR) is 130 cm³/mol. The summed E-state index contributed by atoms with van der Waals surface area (Å²) in [5.41, 5.74) is 5.40. The Labute approximate surface area is 170 Å². The van der Waals surface area contributed by atoms with Crippen LogP contribution in [-0.2, 0) is 10.6 Å². The lowest BCUT2D eigenvalue weighted by Crippen LogP contribution is -2.42. The van der Waals surface area contributed by atoms with Gasteiger partial charge in [-0.15, -0.1) is 0 Å². The highest BCUT2D eigenvalue weighted by atomic mass is 32.3. The molecule has 1 aromatic heterocycles. The van der Waals surface area contributed by atoms with E-state index in [0.717, 1.165) is 5.69 Å². The number of benzene rings is 1. The molecule has 0 N–H and O–H groups in total. The highest BCUT2D eigenvalue weighted by Gasteiger charge is 2.37. The Morgan fingerprint density at radius 1 is 0.889 bits per heavy atom. The normalized spacial score (nSPS) is 14.3. The average Bonchev–Trinajstić information content (AvgIpc) is 2.51.